The molecule has 0 N–H and O–H groups in total. The highest BCUT2D eigenvalue weighted by atomic mass is 32.2. The Bertz CT molecular complexity index is 1110. The second-order valence-corrected chi connectivity index (χ2v) is 10.5. The second-order valence-electron chi connectivity index (χ2n) is 7.67. The summed E-state index contributed by atoms with van der Waals surface area (Å²) in [6.45, 7) is 8.62. The Morgan fingerprint density at radius 1 is 1.10 bits per heavy atom. The van der Waals surface area contributed by atoms with Crippen molar-refractivity contribution >= 4 is 21.4 Å². The highest BCUT2D eigenvalue weighted by Gasteiger charge is 2.33. The maximum Gasteiger partial charge on any atom is 0.248 e. The molecule has 0 aliphatic carbocycles. The van der Waals surface area contributed by atoms with E-state index in [1.807, 2.05) is 36.6 Å². The molecule has 0 unspecified atom stereocenters. The summed E-state index contributed by atoms with van der Waals surface area (Å²) in [5, 5.41) is 6.75. The molecule has 1 aliphatic heterocycles. The first-order valence-corrected chi connectivity index (χ1v) is 12.4. The summed E-state index contributed by atoms with van der Waals surface area (Å²) < 4.78 is 38.3. The van der Waals surface area contributed by atoms with E-state index in [2.05, 4.69) is 15.0 Å². The minimum absolute atomic E-state index is 0.193. The highest BCUT2D eigenvalue weighted by Crippen LogP contribution is 2.24. The Morgan fingerprint density at radius 3 is 2.45 bits per heavy atom. The number of ether oxygens (including phenoxy) is 1. The van der Waals surface area contributed by atoms with Gasteiger partial charge in [0, 0.05) is 38.1 Å². The van der Waals surface area contributed by atoms with Crippen molar-refractivity contribution in [3.63, 3.8) is 0 Å². The molecule has 0 spiro atoms. The van der Waals surface area contributed by atoms with Crippen molar-refractivity contribution in [3.8, 4) is 5.75 Å². The van der Waals surface area contributed by atoms with E-state index in [4.69, 9.17) is 9.26 Å². The monoisotopic (exact) mass is 462 g/mol. The molecule has 0 bridgehead atoms. The molecular formula is C21H26N4O4S2. The number of hydrogen-bond acceptors (Lipinski definition) is 8. The standard InChI is InChI=1S/C21H26N4O4S2/c1-15-4-6-19(7-5-15)28-13-20-22-18(14-30-20)12-24-8-10-25(11-9-24)31(26,27)21-16(2)23-29-17(21)3/h4-7,14H,8-13H2,1-3H3. The third-order valence-electron chi connectivity index (χ3n) is 5.27. The molecule has 0 radical (unpaired) electrons. The van der Waals surface area contributed by atoms with Gasteiger partial charge in [0.15, 0.2) is 5.76 Å². The van der Waals surface area contributed by atoms with E-state index in [0.29, 0.717) is 50.8 Å². The summed E-state index contributed by atoms with van der Waals surface area (Å²) in [4.78, 5) is 7.08. The zero-order valence-corrected chi connectivity index (χ0v) is 19.5. The third-order valence-corrected chi connectivity index (χ3v) is 8.28. The van der Waals surface area contributed by atoms with E-state index in [1.165, 1.54) is 9.87 Å². The lowest BCUT2D eigenvalue weighted by Gasteiger charge is -2.33. The topological polar surface area (TPSA) is 88.8 Å². The number of thiazole rings is 1. The molecule has 0 atom stereocenters. The van der Waals surface area contributed by atoms with Crippen LogP contribution in [0.1, 0.15) is 27.7 Å². The molecule has 3 aromatic rings. The van der Waals surface area contributed by atoms with Gasteiger partial charge in [-0.1, -0.05) is 22.9 Å². The first kappa shape index (κ1) is 21.9. The van der Waals surface area contributed by atoms with E-state index < -0.39 is 10.0 Å². The van der Waals surface area contributed by atoms with Crippen molar-refractivity contribution < 1.29 is 17.7 Å². The molecule has 3 heterocycles. The number of hydrogen-bond donors (Lipinski definition) is 0. The van der Waals surface area contributed by atoms with Crippen molar-refractivity contribution in [2.24, 2.45) is 0 Å². The predicted molar refractivity (Wildman–Crippen MR) is 118 cm³/mol. The first-order valence-electron chi connectivity index (χ1n) is 10.1. The average Bonchev–Trinajstić information content (AvgIpc) is 3.34. The van der Waals surface area contributed by atoms with Crippen LogP contribution in [0.4, 0.5) is 0 Å². The van der Waals surface area contributed by atoms with Crippen molar-refractivity contribution in [1.82, 2.24) is 19.3 Å². The van der Waals surface area contributed by atoms with Crippen LogP contribution in [-0.4, -0.2) is 53.9 Å². The molecule has 1 aromatic carbocycles. The Hall–Kier alpha value is -2.27. The zero-order chi connectivity index (χ0) is 22.0. The molecule has 31 heavy (non-hydrogen) atoms. The smallest absolute Gasteiger partial charge is 0.248 e. The molecule has 10 heteroatoms. The van der Waals surface area contributed by atoms with Gasteiger partial charge < -0.3 is 9.26 Å². The van der Waals surface area contributed by atoms with E-state index in [1.54, 1.807) is 25.2 Å². The van der Waals surface area contributed by atoms with Gasteiger partial charge in [-0.25, -0.2) is 13.4 Å². The van der Waals surface area contributed by atoms with Gasteiger partial charge in [0.25, 0.3) is 0 Å². The molecule has 166 valence electrons. The normalized spacial score (nSPS) is 16.0. The minimum Gasteiger partial charge on any atom is -0.486 e. The summed E-state index contributed by atoms with van der Waals surface area (Å²) in [5.74, 6) is 1.17. The number of benzene rings is 1. The van der Waals surface area contributed by atoms with Crippen molar-refractivity contribution in [1.29, 1.82) is 0 Å². The molecule has 1 aliphatic rings. The lowest BCUT2D eigenvalue weighted by molar-refractivity contribution is 0.180. The molecule has 4 rings (SSSR count). The van der Waals surface area contributed by atoms with E-state index in [9.17, 15) is 8.42 Å². The Kier molecular flexibility index (Phi) is 6.42. The Labute approximate surface area is 186 Å². The largest absolute Gasteiger partial charge is 0.486 e. The van der Waals surface area contributed by atoms with Crippen LogP contribution in [-0.2, 0) is 23.2 Å². The molecule has 1 saturated heterocycles. The maximum atomic E-state index is 12.9. The molecule has 0 saturated carbocycles. The van der Waals surface area contributed by atoms with Crippen molar-refractivity contribution in [2.75, 3.05) is 26.2 Å². The third kappa shape index (κ3) is 4.98. The van der Waals surface area contributed by atoms with Gasteiger partial charge in [0.05, 0.1) is 5.69 Å². The summed E-state index contributed by atoms with van der Waals surface area (Å²) in [5.41, 5.74) is 2.58. The van der Waals surface area contributed by atoms with E-state index in [0.717, 1.165) is 16.5 Å². The van der Waals surface area contributed by atoms with Gasteiger partial charge in [0.1, 0.15) is 28.0 Å². The number of aryl methyl sites for hydroxylation is 3. The molecule has 8 nitrogen and oxygen atoms in total. The first-order chi connectivity index (χ1) is 14.8. The predicted octanol–water partition coefficient (Wildman–Crippen LogP) is 3.14. The van der Waals surface area contributed by atoms with E-state index in [-0.39, 0.29) is 4.90 Å². The van der Waals surface area contributed by atoms with Crippen molar-refractivity contribution in [2.45, 2.75) is 38.8 Å². The molecule has 1 fully saturated rings. The number of sulfonamides is 1. The second kappa shape index (κ2) is 9.07. The summed E-state index contributed by atoms with van der Waals surface area (Å²) in [7, 11) is -3.59. The quantitative estimate of drug-likeness (QED) is 0.533. The van der Waals surface area contributed by atoms with Gasteiger partial charge in [-0.15, -0.1) is 11.3 Å². The van der Waals surface area contributed by atoms with Crippen LogP contribution in [0, 0.1) is 20.8 Å². The number of piperazine rings is 1. The fraction of sp³-hybridized carbons (Fsp3) is 0.429. The average molecular weight is 463 g/mol. The highest BCUT2D eigenvalue weighted by molar-refractivity contribution is 7.89. The Balaban J connectivity index is 1.30. The minimum atomic E-state index is -3.59. The molecule has 0 amide bonds. The van der Waals surface area contributed by atoms with Gasteiger partial charge in [0.2, 0.25) is 10.0 Å². The lowest BCUT2D eigenvalue weighted by atomic mass is 10.2. The fourth-order valence-electron chi connectivity index (χ4n) is 3.60. The van der Waals surface area contributed by atoms with E-state index >= 15 is 0 Å². The van der Waals surface area contributed by atoms with Crippen LogP contribution < -0.4 is 4.74 Å². The van der Waals surface area contributed by atoms with Gasteiger partial charge >= 0.3 is 0 Å². The number of aromatic nitrogens is 2. The van der Waals surface area contributed by atoms with Crippen LogP contribution in [0.2, 0.25) is 0 Å². The fourth-order valence-corrected chi connectivity index (χ4v) is 6.01. The summed E-state index contributed by atoms with van der Waals surface area (Å²) in [6.07, 6.45) is 0. The van der Waals surface area contributed by atoms with Gasteiger partial charge in [-0.3, -0.25) is 4.90 Å². The van der Waals surface area contributed by atoms with Gasteiger partial charge in [-0.05, 0) is 32.9 Å². The van der Waals surface area contributed by atoms with Crippen LogP contribution in [0.5, 0.6) is 5.75 Å². The summed E-state index contributed by atoms with van der Waals surface area (Å²) in [6, 6.07) is 7.96. The van der Waals surface area contributed by atoms with Crippen LogP contribution >= 0.6 is 11.3 Å². The van der Waals surface area contributed by atoms with Crippen LogP contribution in [0.25, 0.3) is 0 Å². The van der Waals surface area contributed by atoms with Gasteiger partial charge in [-0.2, -0.15) is 4.31 Å². The number of rotatable bonds is 7. The maximum absolute atomic E-state index is 12.9. The molecule has 2 aromatic heterocycles. The van der Waals surface area contributed by atoms with Crippen LogP contribution in [0.3, 0.4) is 0 Å². The van der Waals surface area contributed by atoms with Crippen LogP contribution in [0.15, 0.2) is 39.1 Å². The Morgan fingerprint density at radius 2 is 1.81 bits per heavy atom. The number of nitrogens with zero attached hydrogens (tertiary/aromatic N) is 4. The molecular weight excluding hydrogens is 436 g/mol. The summed E-state index contributed by atoms with van der Waals surface area (Å²) >= 11 is 1.58. The lowest BCUT2D eigenvalue weighted by Crippen LogP contribution is -2.48. The SMILES string of the molecule is Cc1ccc(OCc2nc(CN3CCN(S(=O)(=O)c4c(C)noc4C)CC3)cs2)cc1. The zero-order valence-electron chi connectivity index (χ0n) is 17.9. The van der Waals surface area contributed by atoms with Crippen molar-refractivity contribution in [3.05, 3.63) is 57.4 Å².